The Labute approximate surface area is 191 Å². The summed E-state index contributed by atoms with van der Waals surface area (Å²) in [5, 5.41) is 6.00. The summed E-state index contributed by atoms with van der Waals surface area (Å²) >= 11 is 13.5. The van der Waals surface area contributed by atoms with Crippen LogP contribution in [0.3, 0.4) is 0 Å². The van der Waals surface area contributed by atoms with E-state index in [1.807, 2.05) is 17.2 Å². The molecular formula is C21H18Cl2N4O3S. The van der Waals surface area contributed by atoms with Crippen LogP contribution in [0.25, 0.3) is 21.5 Å². The Bertz CT molecular complexity index is 1280. The number of nitrogens with zero attached hydrogens (tertiary/aromatic N) is 2. The fourth-order valence-corrected chi connectivity index (χ4v) is 4.44. The number of nitrogens with one attached hydrogen (secondary N) is 2. The van der Waals surface area contributed by atoms with Crippen LogP contribution in [0, 0.1) is 0 Å². The lowest BCUT2D eigenvalue weighted by Gasteiger charge is -2.19. The van der Waals surface area contributed by atoms with Crippen molar-refractivity contribution in [3.05, 3.63) is 68.2 Å². The first-order chi connectivity index (χ1) is 14.9. The molecule has 0 saturated carbocycles. The zero-order valence-corrected chi connectivity index (χ0v) is 18.8. The van der Waals surface area contributed by atoms with Gasteiger partial charge in [-0.25, -0.2) is 4.98 Å². The summed E-state index contributed by atoms with van der Waals surface area (Å²) in [5.41, 5.74) is 0.932. The van der Waals surface area contributed by atoms with Gasteiger partial charge in [0.2, 0.25) is 5.91 Å². The number of rotatable bonds is 7. The van der Waals surface area contributed by atoms with Crippen molar-refractivity contribution in [2.24, 2.45) is 0 Å². The number of carbonyl (C=O) groups is 1. The largest absolute Gasteiger partial charge is 0.464 e. The number of anilines is 1. The second kappa shape index (κ2) is 9.23. The first kappa shape index (κ1) is 21.6. The van der Waals surface area contributed by atoms with E-state index in [0.717, 1.165) is 5.56 Å². The van der Waals surface area contributed by atoms with Gasteiger partial charge in [-0.05, 0) is 36.9 Å². The van der Waals surface area contributed by atoms with Crippen molar-refractivity contribution in [3.8, 4) is 11.3 Å². The molecule has 7 nitrogen and oxygen atoms in total. The predicted octanol–water partition coefficient (Wildman–Crippen LogP) is 5.01. The first-order valence-electron chi connectivity index (χ1n) is 9.46. The van der Waals surface area contributed by atoms with Crippen molar-refractivity contribution >= 4 is 56.3 Å². The fourth-order valence-electron chi connectivity index (χ4n) is 3.16. The van der Waals surface area contributed by atoms with Gasteiger partial charge in [-0.2, -0.15) is 0 Å². The third kappa shape index (κ3) is 4.83. The molecule has 3 aromatic heterocycles. The molecule has 1 aromatic carbocycles. The highest BCUT2D eigenvalue weighted by Crippen LogP contribution is 2.31. The second-order valence-corrected chi connectivity index (χ2v) is 8.50. The summed E-state index contributed by atoms with van der Waals surface area (Å²) < 4.78 is 5.42. The van der Waals surface area contributed by atoms with E-state index in [1.165, 1.54) is 11.3 Å². The monoisotopic (exact) mass is 476 g/mol. The predicted molar refractivity (Wildman–Crippen MR) is 124 cm³/mol. The molecule has 4 aromatic rings. The standard InChI is InChI=1S/C21H18Cl2N4O3S/c1-2-27(10-18(28)24-15-8-12(22)5-6-14(15)23)9-17-25-20(29)19-13(11-31-21(19)26-17)16-4-3-7-30-16/h3-8,11H,2,9-10H2,1H3,(H,24,28)(H,25,26,29). The minimum absolute atomic E-state index is 0.100. The molecule has 2 N–H and O–H groups in total. The van der Waals surface area contributed by atoms with Crippen LogP contribution < -0.4 is 10.9 Å². The molecule has 0 radical (unpaired) electrons. The van der Waals surface area contributed by atoms with Gasteiger partial charge in [0.25, 0.3) is 5.56 Å². The van der Waals surface area contributed by atoms with E-state index < -0.39 is 0 Å². The van der Waals surface area contributed by atoms with Crippen LogP contribution >= 0.6 is 34.5 Å². The lowest BCUT2D eigenvalue weighted by atomic mass is 10.2. The molecule has 0 unspecified atom stereocenters. The number of thiophene rings is 1. The van der Waals surface area contributed by atoms with E-state index in [-0.39, 0.29) is 18.0 Å². The molecule has 0 aliphatic carbocycles. The summed E-state index contributed by atoms with van der Waals surface area (Å²) in [5.74, 6) is 0.865. The van der Waals surface area contributed by atoms with Gasteiger partial charge in [-0.3, -0.25) is 14.5 Å². The van der Waals surface area contributed by atoms with E-state index in [2.05, 4.69) is 15.3 Å². The van der Waals surface area contributed by atoms with Crippen molar-refractivity contribution in [2.75, 3.05) is 18.4 Å². The van der Waals surface area contributed by atoms with Gasteiger partial charge in [-0.15, -0.1) is 11.3 Å². The van der Waals surface area contributed by atoms with Crippen LogP contribution in [0.15, 0.2) is 51.2 Å². The quantitative estimate of drug-likeness (QED) is 0.391. The number of H-pyrrole nitrogens is 1. The van der Waals surface area contributed by atoms with Crippen LogP contribution in [0.1, 0.15) is 12.7 Å². The molecule has 10 heteroatoms. The highest BCUT2D eigenvalue weighted by atomic mass is 35.5. The SMILES string of the molecule is CCN(CC(=O)Nc1cc(Cl)ccc1Cl)Cc1nc2scc(-c3ccco3)c2c(=O)[nH]1. The maximum absolute atomic E-state index is 12.7. The lowest BCUT2D eigenvalue weighted by Crippen LogP contribution is -2.33. The molecule has 4 rings (SSSR count). The topological polar surface area (TPSA) is 91.2 Å². The van der Waals surface area contributed by atoms with Gasteiger partial charge < -0.3 is 14.7 Å². The third-order valence-electron chi connectivity index (χ3n) is 4.67. The van der Waals surface area contributed by atoms with Crippen LogP contribution in [0.2, 0.25) is 10.0 Å². The Hall–Kier alpha value is -2.65. The smallest absolute Gasteiger partial charge is 0.260 e. The summed E-state index contributed by atoms with van der Waals surface area (Å²) in [4.78, 5) is 35.1. The average molecular weight is 477 g/mol. The van der Waals surface area contributed by atoms with Crippen LogP contribution in [0.5, 0.6) is 0 Å². The number of halogens is 2. The van der Waals surface area contributed by atoms with Gasteiger partial charge >= 0.3 is 0 Å². The molecule has 3 heterocycles. The van der Waals surface area contributed by atoms with Gasteiger partial charge in [0.15, 0.2) is 0 Å². The van der Waals surface area contributed by atoms with Gasteiger partial charge in [-0.1, -0.05) is 30.1 Å². The van der Waals surface area contributed by atoms with Crippen molar-refractivity contribution in [3.63, 3.8) is 0 Å². The Morgan fingerprint density at radius 3 is 2.90 bits per heavy atom. The van der Waals surface area contributed by atoms with E-state index in [4.69, 9.17) is 27.6 Å². The molecule has 0 atom stereocenters. The second-order valence-electron chi connectivity index (χ2n) is 6.80. The number of fused-ring (bicyclic) bond motifs is 1. The molecule has 0 spiro atoms. The van der Waals surface area contributed by atoms with E-state index in [0.29, 0.717) is 50.6 Å². The highest BCUT2D eigenvalue weighted by Gasteiger charge is 2.17. The molecule has 31 heavy (non-hydrogen) atoms. The van der Waals surface area contributed by atoms with Crippen molar-refractivity contribution in [1.82, 2.24) is 14.9 Å². The van der Waals surface area contributed by atoms with Crippen molar-refractivity contribution in [2.45, 2.75) is 13.5 Å². The Morgan fingerprint density at radius 1 is 1.32 bits per heavy atom. The van der Waals surface area contributed by atoms with Gasteiger partial charge in [0.1, 0.15) is 16.4 Å². The van der Waals surface area contributed by atoms with Crippen LogP contribution in [0.4, 0.5) is 5.69 Å². The number of carbonyl (C=O) groups excluding carboxylic acids is 1. The number of hydrogen-bond acceptors (Lipinski definition) is 6. The first-order valence-corrected chi connectivity index (χ1v) is 11.1. The third-order valence-corrected chi connectivity index (χ3v) is 6.11. The summed E-state index contributed by atoms with van der Waals surface area (Å²) in [6, 6.07) is 8.45. The molecule has 1 amide bonds. The minimum atomic E-state index is -0.245. The molecule has 0 bridgehead atoms. The maximum Gasteiger partial charge on any atom is 0.260 e. The number of amides is 1. The molecule has 0 fully saturated rings. The lowest BCUT2D eigenvalue weighted by molar-refractivity contribution is -0.117. The Morgan fingerprint density at radius 2 is 2.16 bits per heavy atom. The zero-order valence-electron chi connectivity index (χ0n) is 16.4. The molecule has 0 aliphatic heterocycles. The van der Waals surface area contributed by atoms with Crippen molar-refractivity contribution in [1.29, 1.82) is 0 Å². The average Bonchev–Trinajstić information content (AvgIpc) is 3.40. The van der Waals surface area contributed by atoms with Gasteiger partial charge in [0.05, 0.1) is 35.4 Å². The number of hydrogen-bond donors (Lipinski definition) is 2. The van der Waals surface area contributed by atoms with Crippen LogP contribution in [-0.4, -0.2) is 33.9 Å². The molecule has 160 valence electrons. The van der Waals surface area contributed by atoms with Gasteiger partial charge in [0, 0.05) is 16.0 Å². The van der Waals surface area contributed by atoms with Crippen LogP contribution in [-0.2, 0) is 11.3 Å². The summed E-state index contributed by atoms with van der Waals surface area (Å²) in [6.45, 7) is 2.92. The summed E-state index contributed by atoms with van der Waals surface area (Å²) in [6.07, 6.45) is 1.57. The minimum Gasteiger partial charge on any atom is -0.464 e. The Kier molecular flexibility index (Phi) is 6.43. The summed E-state index contributed by atoms with van der Waals surface area (Å²) in [7, 11) is 0. The molecular weight excluding hydrogens is 459 g/mol. The normalized spacial score (nSPS) is 11.4. The number of furan rings is 1. The van der Waals surface area contributed by atoms with E-state index >= 15 is 0 Å². The molecule has 0 aliphatic rings. The highest BCUT2D eigenvalue weighted by molar-refractivity contribution is 7.17. The number of aromatic amines is 1. The number of likely N-dealkylation sites (N-methyl/N-ethyl adjacent to an activating group) is 1. The number of aromatic nitrogens is 2. The van der Waals surface area contributed by atoms with E-state index in [9.17, 15) is 9.59 Å². The Balaban J connectivity index is 1.50. The fraction of sp³-hybridized carbons (Fsp3) is 0.190. The van der Waals surface area contributed by atoms with Crippen molar-refractivity contribution < 1.29 is 9.21 Å². The van der Waals surface area contributed by atoms with E-state index in [1.54, 1.807) is 36.6 Å². The molecule has 0 saturated heterocycles. The zero-order chi connectivity index (χ0) is 22.0. The number of benzene rings is 1. The maximum atomic E-state index is 12.7.